The van der Waals surface area contributed by atoms with Gasteiger partial charge in [-0.1, -0.05) is 0 Å². The van der Waals surface area contributed by atoms with Gasteiger partial charge in [0.2, 0.25) is 0 Å². The van der Waals surface area contributed by atoms with Crippen LogP contribution < -0.4 is 5.32 Å². The molecule has 2 heterocycles. The number of anilines is 1. The normalized spacial score (nSPS) is 10.6. The van der Waals surface area contributed by atoms with Crippen LogP contribution in [0.5, 0.6) is 0 Å². The Morgan fingerprint density at radius 1 is 1.54 bits per heavy atom. The molecule has 0 unspecified atom stereocenters. The fourth-order valence-electron chi connectivity index (χ4n) is 1.12. The van der Waals surface area contributed by atoms with Crippen molar-refractivity contribution in [1.82, 2.24) is 14.6 Å². The zero-order chi connectivity index (χ0) is 9.26. The monoisotopic (exact) mass is 240 g/mol. The standard InChI is InChI=1S/C8H9BrN4/c1-2-10-7-3-4-8-11-5-6(9)13(8)12-7/h3-5H,2H2,1H3,(H,10,12). The van der Waals surface area contributed by atoms with Crippen LogP contribution in [-0.4, -0.2) is 21.1 Å². The van der Waals surface area contributed by atoms with Gasteiger partial charge in [-0.3, -0.25) is 0 Å². The molecular formula is C8H9BrN4. The lowest BCUT2D eigenvalue weighted by molar-refractivity contribution is 0.912. The van der Waals surface area contributed by atoms with Crippen LogP contribution >= 0.6 is 15.9 Å². The van der Waals surface area contributed by atoms with E-state index in [4.69, 9.17) is 0 Å². The predicted octanol–water partition coefficient (Wildman–Crippen LogP) is 1.92. The number of fused-ring (bicyclic) bond motifs is 1. The molecule has 0 bridgehead atoms. The second-order valence-corrected chi connectivity index (χ2v) is 3.41. The molecule has 0 radical (unpaired) electrons. The summed E-state index contributed by atoms with van der Waals surface area (Å²) in [6, 6.07) is 3.84. The van der Waals surface area contributed by atoms with Crippen LogP contribution in [0.1, 0.15) is 6.92 Å². The van der Waals surface area contributed by atoms with Gasteiger partial charge in [0.25, 0.3) is 0 Å². The Kier molecular flexibility index (Phi) is 2.18. The van der Waals surface area contributed by atoms with E-state index in [-0.39, 0.29) is 0 Å². The van der Waals surface area contributed by atoms with Gasteiger partial charge in [-0.25, -0.2) is 9.50 Å². The van der Waals surface area contributed by atoms with E-state index in [9.17, 15) is 0 Å². The third-order valence-corrected chi connectivity index (χ3v) is 2.22. The van der Waals surface area contributed by atoms with E-state index in [0.717, 1.165) is 22.6 Å². The van der Waals surface area contributed by atoms with E-state index in [1.165, 1.54) is 0 Å². The molecule has 0 saturated heterocycles. The number of hydrogen-bond acceptors (Lipinski definition) is 3. The summed E-state index contributed by atoms with van der Waals surface area (Å²) in [5, 5.41) is 7.46. The van der Waals surface area contributed by atoms with Gasteiger partial charge < -0.3 is 5.32 Å². The van der Waals surface area contributed by atoms with Crippen molar-refractivity contribution in [1.29, 1.82) is 0 Å². The molecule has 13 heavy (non-hydrogen) atoms. The van der Waals surface area contributed by atoms with E-state index in [1.54, 1.807) is 10.7 Å². The van der Waals surface area contributed by atoms with Gasteiger partial charge in [0, 0.05) is 6.54 Å². The highest BCUT2D eigenvalue weighted by molar-refractivity contribution is 9.10. The molecule has 0 aliphatic heterocycles. The smallest absolute Gasteiger partial charge is 0.154 e. The summed E-state index contributed by atoms with van der Waals surface area (Å²) >= 11 is 3.36. The lowest BCUT2D eigenvalue weighted by atomic mass is 10.5. The van der Waals surface area contributed by atoms with Gasteiger partial charge >= 0.3 is 0 Å². The molecule has 2 rings (SSSR count). The maximum Gasteiger partial charge on any atom is 0.154 e. The molecule has 2 aromatic rings. The number of imidazole rings is 1. The molecule has 0 amide bonds. The Bertz CT molecular complexity index is 423. The van der Waals surface area contributed by atoms with Crippen molar-refractivity contribution < 1.29 is 0 Å². The first kappa shape index (κ1) is 8.50. The SMILES string of the molecule is CCNc1ccc2ncc(Br)n2n1. The van der Waals surface area contributed by atoms with Crippen molar-refractivity contribution in [2.75, 3.05) is 11.9 Å². The fourth-order valence-corrected chi connectivity index (χ4v) is 1.48. The Labute approximate surface area is 84.1 Å². The van der Waals surface area contributed by atoms with Crippen molar-refractivity contribution in [2.24, 2.45) is 0 Å². The van der Waals surface area contributed by atoms with Gasteiger partial charge in [-0.05, 0) is 35.0 Å². The summed E-state index contributed by atoms with van der Waals surface area (Å²) in [5.74, 6) is 0.855. The molecule has 0 fully saturated rings. The highest BCUT2D eigenvalue weighted by Gasteiger charge is 2.01. The molecule has 2 aromatic heterocycles. The lowest BCUT2D eigenvalue weighted by Gasteiger charge is -2.01. The fraction of sp³-hybridized carbons (Fsp3) is 0.250. The van der Waals surface area contributed by atoms with Crippen molar-refractivity contribution in [3.8, 4) is 0 Å². The first-order valence-corrected chi connectivity index (χ1v) is 4.84. The van der Waals surface area contributed by atoms with Crippen LogP contribution in [0.3, 0.4) is 0 Å². The van der Waals surface area contributed by atoms with Gasteiger partial charge in [0.1, 0.15) is 10.4 Å². The van der Waals surface area contributed by atoms with Crippen molar-refractivity contribution in [3.63, 3.8) is 0 Å². The number of aromatic nitrogens is 3. The van der Waals surface area contributed by atoms with Crippen LogP contribution in [0.2, 0.25) is 0 Å². The molecular weight excluding hydrogens is 232 g/mol. The topological polar surface area (TPSA) is 42.2 Å². The minimum absolute atomic E-state index is 0.841. The maximum absolute atomic E-state index is 4.32. The second kappa shape index (κ2) is 3.33. The van der Waals surface area contributed by atoms with Crippen LogP contribution in [0.25, 0.3) is 5.65 Å². The predicted molar refractivity (Wildman–Crippen MR) is 54.9 cm³/mol. The molecule has 0 saturated carbocycles. The van der Waals surface area contributed by atoms with E-state index < -0.39 is 0 Å². The lowest BCUT2D eigenvalue weighted by Crippen LogP contribution is -2.02. The summed E-state index contributed by atoms with van der Waals surface area (Å²) in [5.41, 5.74) is 0.841. The van der Waals surface area contributed by atoms with E-state index in [1.807, 2.05) is 19.1 Å². The van der Waals surface area contributed by atoms with Crippen LogP contribution in [0, 0.1) is 0 Å². The first-order chi connectivity index (χ1) is 6.31. The van der Waals surface area contributed by atoms with E-state index >= 15 is 0 Å². The zero-order valence-corrected chi connectivity index (χ0v) is 8.74. The summed E-state index contributed by atoms with van der Waals surface area (Å²) in [4.78, 5) is 4.15. The minimum Gasteiger partial charge on any atom is -0.369 e. The summed E-state index contributed by atoms with van der Waals surface area (Å²) in [6.45, 7) is 2.90. The molecule has 0 aromatic carbocycles. The van der Waals surface area contributed by atoms with Gasteiger partial charge in [-0.2, -0.15) is 0 Å². The zero-order valence-electron chi connectivity index (χ0n) is 7.16. The Morgan fingerprint density at radius 2 is 2.38 bits per heavy atom. The molecule has 0 atom stereocenters. The average Bonchev–Trinajstić information content (AvgIpc) is 2.49. The van der Waals surface area contributed by atoms with Crippen LogP contribution in [0.15, 0.2) is 22.9 Å². The number of rotatable bonds is 2. The Hall–Kier alpha value is -1.10. The second-order valence-electron chi connectivity index (χ2n) is 2.60. The molecule has 68 valence electrons. The van der Waals surface area contributed by atoms with Gasteiger partial charge in [-0.15, -0.1) is 5.10 Å². The van der Waals surface area contributed by atoms with E-state index in [0.29, 0.717) is 0 Å². The van der Waals surface area contributed by atoms with Crippen molar-refractivity contribution in [2.45, 2.75) is 6.92 Å². The molecule has 0 spiro atoms. The highest BCUT2D eigenvalue weighted by Crippen LogP contribution is 2.12. The average molecular weight is 241 g/mol. The number of hydrogen-bond donors (Lipinski definition) is 1. The summed E-state index contributed by atoms with van der Waals surface area (Å²) < 4.78 is 2.61. The molecule has 0 aliphatic rings. The van der Waals surface area contributed by atoms with Crippen LogP contribution in [-0.2, 0) is 0 Å². The quantitative estimate of drug-likeness (QED) is 0.873. The molecule has 0 aliphatic carbocycles. The number of nitrogens with zero attached hydrogens (tertiary/aromatic N) is 3. The maximum atomic E-state index is 4.32. The first-order valence-electron chi connectivity index (χ1n) is 4.05. The number of halogens is 1. The van der Waals surface area contributed by atoms with Gasteiger partial charge in [0.05, 0.1) is 6.20 Å². The van der Waals surface area contributed by atoms with Gasteiger partial charge in [0.15, 0.2) is 5.65 Å². The molecule has 5 heteroatoms. The summed E-state index contributed by atoms with van der Waals surface area (Å²) in [6.07, 6.45) is 1.73. The molecule has 1 N–H and O–H groups in total. The Balaban J connectivity index is 2.53. The minimum atomic E-state index is 0.841. The third-order valence-electron chi connectivity index (χ3n) is 1.68. The third kappa shape index (κ3) is 1.51. The van der Waals surface area contributed by atoms with E-state index in [2.05, 4.69) is 31.3 Å². The number of nitrogens with one attached hydrogen (secondary N) is 1. The van der Waals surface area contributed by atoms with Crippen LogP contribution in [0.4, 0.5) is 5.82 Å². The Morgan fingerprint density at radius 3 is 3.15 bits per heavy atom. The highest BCUT2D eigenvalue weighted by atomic mass is 79.9. The largest absolute Gasteiger partial charge is 0.369 e. The summed E-state index contributed by atoms with van der Waals surface area (Å²) in [7, 11) is 0. The van der Waals surface area contributed by atoms with Crippen molar-refractivity contribution >= 4 is 27.4 Å². The molecule has 4 nitrogen and oxygen atoms in total. The van der Waals surface area contributed by atoms with Crippen molar-refractivity contribution in [3.05, 3.63) is 22.9 Å².